The summed E-state index contributed by atoms with van der Waals surface area (Å²) in [7, 11) is 0. The Hall–Kier alpha value is -1.06. The summed E-state index contributed by atoms with van der Waals surface area (Å²) >= 11 is 0. The third-order valence-electron chi connectivity index (χ3n) is 1.87. The predicted octanol–water partition coefficient (Wildman–Crippen LogP) is 2.28. The van der Waals surface area contributed by atoms with E-state index in [1.807, 2.05) is 0 Å². The van der Waals surface area contributed by atoms with Crippen molar-refractivity contribution in [3.63, 3.8) is 0 Å². The smallest absolute Gasteiger partial charge is 0.303 e. The average molecular weight is 203 g/mol. The van der Waals surface area contributed by atoms with Crippen LogP contribution in [0.15, 0.2) is 0 Å². The van der Waals surface area contributed by atoms with Crippen molar-refractivity contribution in [2.45, 2.75) is 51.3 Å². The highest BCUT2D eigenvalue weighted by Crippen LogP contribution is 2.08. The van der Waals surface area contributed by atoms with E-state index in [2.05, 4.69) is 0 Å². The van der Waals surface area contributed by atoms with Crippen molar-refractivity contribution in [1.82, 2.24) is 0 Å². The fourth-order valence-corrected chi connectivity index (χ4v) is 1.14. The highest BCUT2D eigenvalue weighted by Gasteiger charge is 1.98. The number of unbranched alkanes of at least 4 members (excludes halogenated alkanes) is 3. The van der Waals surface area contributed by atoms with Crippen molar-refractivity contribution in [2.75, 3.05) is 0 Å². The molecule has 0 aromatic rings. The summed E-state index contributed by atoms with van der Waals surface area (Å²) in [4.78, 5) is 20.4. The highest BCUT2D eigenvalue weighted by molar-refractivity contribution is 5.66. The maximum absolute atomic E-state index is 10.2. The van der Waals surface area contributed by atoms with Gasteiger partial charge in [-0.2, -0.15) is 0 Å². The molecular formula is C10H18O4. The van der Waals surface area contributed by atoms with Gasteiger partial charge in [-0.15, -0.1) is 0 Å². The van der Waals surface area contributed by atoms with Gasteiger partial charge in [-0.1, -0.05) is 25.7 Å². The van der Waals surface area contributed by atoms with Gasteiger partial charge in [0.15, 0.2) is 0 Å². The van der Waals surface area contributed by atoms with Gasteiger partial charge in [0.1, 0.15) is 0 Å². The lowest BCUT2D eigenvalue weighted by Gasteiger charge is -1.98. The molecule has 4 heteroatoms. The van der Waals surface area contributed by atoms with Crippen LogP contribution in [0.1, 0.15) is 52.7 Å². The quantitative estimate of drug-likeness (QED) is 0.564. The standard InChI is InChI=1S/C10H18O4/c11-9(12)7-5-3-1-2-4-6-8-10(13)14/h1-8H2,(H,11,12)(H,13,14)/i5D. The van der Waals surface area contributed by atoms with Gasteiger partial charge in [-0.3, -0.25) is 9.59 Å². The molecule has 0 bridgehead atoms. The van der Waals surface area contributed by atoms with Gasteiger partial charge < -0.3 is 10.2 Å². The molecule has 0 aliphatic rings. The molecular weight excluding hydrogens is 184 g/mol. The maximum Gasteiger partial charge on any atom is 0.303 e. The van der Waals surface area contributed by atoms with Crippen molar-refractivity contribution in [1.29, 1.82) is 0 Å². The molecule has 1 atom stereocenters. The van der Waals surface area contributed by atoms with E-state index in [9.17, 15) is 9.59 Å². The first-order chi connectivity index (χ1) is 7.02. The fourth-order valence-electron chi connectivity index (χ4n) is 1.14. The van der Waals surface area contributed by atoms with Crippen molar-refractivity contribution in [3.05, 3.63) is 0 Å². The van der Waals surface area contributed by atoms with Crippen LogP contribution in [0.3, 0.4) is 0 Å². The zero-order valence-electron chi connectivity index (χ0n) is 9.24. The molecule has 0 heterocycles. The third-order valence-corrected chi connectivity index (χ3v) is 1.87. The Bertz CT molecular complexity index is 206. The number of carboxylic acids is 2. The van der Waals surface area contributed by atoms with Crippen molar-refractivity contribution >= 4 is 11.9 Å². The van der Waals surface area contributed by atoms with Gasteiger partial charge >= 0.3 is 11.9 Å². The number of carboxylic acid groups (broad SMARTS) is 2. The number of rotatable bonds is 9. The molecule has 1 unspecified atom stereocenters. The molecule has 0 aromatic heterocycles. The average Bonchev–Trinajstić information content (AvgIpc) is 2.09. The minimum absolute atomic E-state index is 0.102. The molecule has 0 spiro atoms. The molecule has 14 heavy (non-hydrogen) atoms. The summed E-state index contributed by atoms with van der Waals surface area (Å²) in [6.07, 6.45) is 3.34. The molecule has 2 N–H and O–H groups in total. The largest absolute Gasteiger partial charge is 0.481 e. The Balaban J connectivity index is 3.23. The van der Waals surface area contributed by atoms with E-state index in [-0.39, 0.29) is 12.8 Å². The second-order valence-electron chi connectivity index (χ2n) is 3.23. The molecule has 4 nitrogen and oxygen atoms in total. The molecule has 0 fully saturated rings. The monoisotopic (exact) mass is 203 g/mol. The molecule has 0 aliphatic heterocycles. The van der Waals surface area contributed by atoms with Crippen LogP contribution < -0.4 is 0 Å². The molecule has 0 aromatic carbocycles. The van der Waals surface area contributed by atoms with Crippen molar-refractivity contribution < 1.29 is 21.2 Å². The van der Waals surface area contributed by atoms with Crippen LogP contribution in [0.25, 0.3) is 0 Å². The molecule has 0 rings (SSSR count). The summed E-state index contributed by atoms with van der Waals surface area (Å²) in [5, 5.41) is 16.8. The van der Waals surface area contributed by atoms with Gasteiger partial charge in [0.2, 0.25) is 0 Å². The Morgan fingerprint density at radius 2 is 1.36 bits per heavy atom. The van der Waals surface area contributed by atoms with Crippen LogP contribution >= 0.6 is 0 Å². The first-order valence-corrected chi connectivity index (χ1v) is 4.88. The number of hydrogen-bond donors (Lipinski definition) is 2. The van der Waals surface area contributed by atoms with Gasteiger partial charge in [0, 0.05) is 14.2 Å². The summed E-state index contributed by atoms with van der Waals surface area (Å²) < 4.78 is 7.38. The molecule has 0 radical (unpaired) electrons. The Kier molecular flexibility index (Phi) is 6.72. The molecule has 0 amide bonds. The second kappa shape index (κ2) is 8.53. The van der Waals surface area contributed by atoms with Crippen LogP contribution in [-0.2, 0) is 9.59 Å². The van der Waals surface area contributed by atoms with Gasteiger partial charge in [-0.25, -0.2) is 0 Å². The van der Waals surface area contributed by atoms with Gasteiger partial charge in [0.05, 0.1) is 0 Å². The van der Waals surface area contributed by atoms with Crippen LogP contribution in [0.5, 0.6) is 0 Å². The minimum Gasteiger partial charge on any atom is -0.481 e. The Labute approximate surface area is 85.3 Å². The third kappa shape index (κ3) is 10.9. The fraction of sp³-hybridized carbons (Fsp3) is 0.800. The molecule has 0 saturated carbocycles. The first kappa shape index (κ1) is 11.0. The van der Waals surface area contributed by atoms with E-state index in [0.29, 0.717) is 12.8 Å². The minimum atomic E-state index is -0.930. The van der Waals surface area contributed by atoms with Crippen LogP contribution in [-0.4, -0.2) is 22.2 Å². The Morgan fingerprint density at radius 1 is 0.857 bits per heavy atom. The molecule has 82 valence electrons. The van der Waals surface area contributed by atoms with E-state index in [1.165, 1.54) is 0 Å². The molecule has 0 aliphatic carbocycles. The molecule has 0 saturated heterocycles. The van der Waals surface area contributed by atoms with Crippen LogP contribution in [0, 0.1) is 0 Å². The first-order valence-electron chi connectivity index (χ1n) is 5.46. The summed E-state index contributed by atoms with van der Waals surface area (Å²) in [6.45, 7) is 0. The highest BCUT2D eigenvalue weighted by atomic mass is 16.4. The van der Waals surface area contributed by atoms with Crippen molar-refractivity contribution in [2.24, 2.45) is 0 Å². The Morgan fingerprint density at radius 3 is 1.93 bits per heavy atom. The van der Waals surface area contributed by atoms with Crippen LogP contribution in [0.2, 0.25) is 0 Å². The lowest BCUT2D eigenvalue weighted by molar-refractivity contribution is -0.138. The van der Waals surface area contributed by atoms with E-state index < -0.39 is 18.3 Å². The van der Waals surface area contributed by atoms with Gasteiger partial charge in [0.25, 0.3) is 0 Å². The number of carbonyl (C=O) groups is 2. The van der Waals surface area contributed by atoms with Crippen molar-refractivity contribution in [3.8, 4) is 0 Å². The van der Waals surface area contributed by atoms with E-state index in [4.69, 9.17) is 11.6 Å². The zero-order valence-corrected chi connectivity index (χ0v) is 8.24. The summed E-state index contributed by atoms with van der Waals surface area (Å²) in [6, 6.07) is 0. The zero-order chi connectivity index (χ0) is 11.7. The predicted molar refractivity (Wildman–Crippen MR) is 52.2 cm³/mol. The maximum atomic E-state index is 10.2. The topological polar surface area (TPSA) is 74.6 Å². The lowest BCUT2D eigenvalue weighted by Crippen LogP contribution is -1.94. The second-order valence-corrected chi connectivity index (χ2v) is 3.23. The van der Waals surface area contributed by atoms with E-state index in [1.54, 1.807) is 0 Å². The normalized spacial score (nSPS) is 13.3. The summed E-state index contributed by atoms with van der Waals surface area (Å²) in [5.41, 5.74) is 0. The lowest BCUT2D eigenvalue weighted by atomic mass is 10.1. The van der Waals surface area contributed by atoms with Crippen LogP contribution in [0.4, 0.5) is 0 Å². The van der Waals surface area contributed by atoms with E-state index in [0.717, 1.165) is 19.3 Å². The van der Waals surface area contributed by atoms with E-state index >= 15 is 0 Å². The SMILES string of the molecule is [2H]C(CCCCCCC(=O)O)CC(=O)O. The number of hydrogen-bond acceptors (Lipinski definition) is 2. The van der Waals surface area contributed by atoms with Gasteiger partial charge in [-0.05, 0) is 12.8 Å². The summed E-state index contributed by atoms with van der Waals surface area (Å²) in [5.74, 6) is -1.71. The number of aliphatic carboxylic acids is 2.